The molecular formula is C22H34ClF3N4O4. The summed E-state index contributed by atoms with van der Waals surface area (Å²) in [5, 5.41) is 17.8. The molecular weight excluding hydrogens is 477 g/mol. The zero-order valence-electron chi connectivity index (χ0n) is 19.2. The fourth-order valence-corrected chi connectivity index (χ4v) is 6.18. The number of amides is 2. The number of fused-ring (bicyclic) bond motifs is 3. The third-order valence-corrected chi connectivity index (χ3v) is 8.61. The highest BCUT2D eigenvalue weighted by Crippen LogP contribution is 2.47. The number of halogens is 4. The molecule has 2 amide bonds. The number of aliphatic hydroxyl groups excluding tert-OH is 1. The molecule has 1 aliphatic heterocycles. The highest BCUT2D eigenvalue weighted by atomic mass is 35.5. The monoisotopic (exact) mass is 510 g/mol. The lowest BCUT2D eigenvalue weighted by Gasteiger charge is -2.56. The molecule has 5 aliphatic rings. The van der Waals surface area contributed by atoms with E-state index in [4.69, 9.17) is 16.3 Å². The Morgan fingerprint density at radius 1 is 1.21 bits per heavy atom. The molecule has 6 atom stereocenters. The summed E-state index contributed by atoms with van der Waals surface area (Å²) >= 11 is 5.89. The van der Waals surface area contributed by atoms with E-state index in [1.807, 2.05) is 0 Å². The number of hydrogen-bond acceptors (Lipinski definition) is 6. The summed E-state index contributed by atoms with van der Waals surface area (Å²) in [6, 6.07) is -1.82. The van der Waals surface area contributed by atoms with Gasteiger partial charge in [0.25, 0.3) is 6.43 Å². The molecule has 194 valence electrons. The van der Waals surface area contributed by atoms with Crippen LogP contribution < -0.4 is 16.1 Å². The molecule has 34 heavy (non-hydrogen) atoms. The molecule has 8 nitrogen and oxygen atoms in total. The normalized spacial score (nSPS) is 42.7. The van der Waals surface area contributed by atoms with Crippen LogP contribution in [0.2, 0.25) is 0 Å². The van der Waals surface area contributed by atoms with Crippen molar-refractivity contribution in [1.29, 1.82) is 0 Å². The van der Waals surface area contributed by atoms with E-state index >= 15 is 0 Å². The zero-order chi connectivity index (χ0) is 24.7. The number of carbonyl (C=O) groups excluding carboxylic acids is 2. The van der Waals surface area contributed by atoms with Crippen molar-refractivity contribution in [2.24, 2.45) is 0 Å². The molecule has 0 aromatic carbocycles. The molecule has 0 aromatic rings. The van der Waals surface area contributed by atoms with Gasteiger partial charge in [0, 0.05) is 19.0 Å². The summed E-state index contributed by atoms with van der Waals surface area (Å²) in [7, 11) is 1.56. The average Bonchev–Trinajstić information content (AvgIpc) is 3.18. The van der Waals surface area contributed by atoms with E-state index in [0.29, 0.717) is 38.5 Å². The van der Waals surface area contributed by atoms with Crippen LogP contribution >= 0.6 is 11.6 Å². The molecule has 12 heteroatoms. The van der Waals surface area contributed by atoms with Gasteiger partial charge in [0.05, 0.1) is 29.2 Å². The van der Waals surface area contributed by atoms with Crippen molar-refractivity contribution in [2.75, 3.05) is 13.7 Å². The second-order valence-corrected chi connectivity index (χ2v) is 11.0. The Labute approximate surface area is 202 Å². The first-order valence-corrected chi connectivity index (χ1v) is 12.4. The number of carbonyl (C=O) groups is 2. The first kappa shape index (κ1) is 25.9. The Morgan fingerprint density at radius 3 is 2.50 bits per heavy atom. The molecule has 0 radical (unpaired) electrons. The number of nitrogens with one attached hydrogen (secondary N) is 3. The van der Waals surface area contributed by atoms with E-state index in [1.165, 1.54) is 5.01 Å². The summed E-state index contributed by atoms with van der Waals surface area (Å²) in [5.41, 5.74) is 1.19. The minimum Gasteiger partial charge on any atom is -0.391 e. The van der Waals surface area contributed by atoms with Crippen LogP contribution in [0.15, 0.2) is 0 Å². The summed E-state index contributed by atoms with van der Waals surface area (Å²) in [6.07, 6.45) is -1.31. The second-order valence-electron chi connectivity index (χ2n) is 10.4. The van der Waals surface area contributed by atoms with Crippen LogP contribution in [0.5, 0.6) is 0 Å². The summed E-state index contributed by atoms with van der Waals surface area (Å²) in [4.78, 5) is 25.4. The van der Waals surface area contributed by atoms with E-state index in [-0.39, 0.29) is 43.8 Å². The lowest BCUT2D eigenvalue weighted by atomic mass is 9.59. The lowest BCUT2D eigenvalue weighted by molar-refractivity contribution is -0.140. The van der Waals surface area contributed by atoms with E-state index in [0.717, 1.165) is 0 Å². The van der Waals surface area contributed by atoms with E-state index in [1.54, 1.807) is 7.05 Å². The molecule has 0 aromatic heterocycles. The van der Waals surface area contributed by atoms with Crippen molar-refractivity contribution in [3.8, 4) is 0 Å². The number of ether oxygens (including phenoxy) is 1. The van der Waals surface area contributed by atoms with Crippen molar-refractivity contribution in [2.45, 2.75) is 111 Å². The Hall–Kier alpha value is -1.14. The standard InChI is InChI=1S/C22H34ClF3N4O4/c1-30-16(9-15(29-30)19(25)26)20(33)28-22-6-4-21(5-7-22,10-17(22)31)27-18(32)11-34-12-2-3-13(23)14(24)8-12/h12-17,19,29,31H,2-11H2,1H3,(H,27,32)(H,28,33)/t12?,13?,14?,15?,16?,17-,21?,22?/m0/s1. The van der Waals surface area contributed by atoms with Gasteiger partial charge in [0.1, 0.15) is 18.8 Å². The zero-order valence-corrected chi connectivity index (χ0v) is 20.0. The molecule has 5 unspecified atom stereocenters. The SMILES string of the molecule is CN1NC(C(F)F)CC1C(=O)NC12CCC(NC(=O)COC3CCC(Cl)C(F)C3)(CC1)C[C@@H]2O. The molecule has 5 fully saturated rings. The minimum absolute atomic E-state index is 0.0120. The van der Waals surface area contributed by atoms with Crippen LogP contribution in [-0.4, -0.2) is 88.9 Å². The number of nitrogens with zero attached hydrogens (tertiary/aromatic N) is 1. The van der Waals surface area contributed by atoms with Gasteiger partial charge in [0.15, 0.2) is 0 Å². The van der Waals surface area contributed by atoms with E-state index in [2.05, 4.69) is 16.1 Å². The number of hydrogen-bond donors (Lipinski definition) is 4. The maximum atomic E-state index is 13.8. The maximum Gasteiger partial charge on any atom is 0.255 e. The second kappa shape index (κ2) is 10.1. The number of aliphatic hydroxyl groups is 1. The van der Waals surface area contributed by atoms with E-state index in [9.17, 15) is 27.9 Å². The number of alkyl halides is 4. The predicted molar refractivity (Wildman–Crippen MR) is 118 cm³/mol. The number of rotatable bonds is 7. The van der Waals surface area contributed by atoms with Crippen LogP contribution in [-0.2, 0) is 14.3 Å². The third-order valence-electron chi connectivity index (χ3n) is 8.11. The van der Waals surface area contributed by atoms with Crippen LogP contribution in [0, 0.1) is 0 Å². The fourth-order valence-electron chi connectivity index (χ4n) is 5.95. The first-order valence-electron chi connectivity index (χ1n) is 12.0. The molecule has 0 spiro atoms. The van der Waals surface area contributed by atoms with Gasteiger partial charge in [-0.1, -0.05) is 0 Å². The topological polar surface area (TPSA) is 103 Å². The van der Waals surface area contributed by atoms with Gasteiger partial charge in [-0.3, -0.25) is 9.59 Å². The van der Waals surface area contributed by atoms with Gasteiger partial charge in [-0.25, -0.2) is 23.6 Å². The van der Waals surface area contributed by atoms with Crippen LogP contribution in [0.25, 0.3) is 0 Å². The average molecular weight is 511 g/mol. The maximum absolute atomic E-state index is 13.8. The van der Waals surface area contributed by atoms with Crippen molar-refractivity contribution in [3.63, 3.8) is 0 Å². The molecule has 1 saturated heterocycles. The minimum atomic E-state index is -2.57. The van der Waals surface area contributed by atoms with Gasteiger partial charge in [-0.2, -0.15) is 0 Å². The molecule has 2 bridgehead atoms. The number of likely N-dealkylation sites (N-methyl/N-ethyl adjacent to an activating group) is 1. The Bertz CT molecular complexity index is 770. The quantitative estimate of drug-likeness (QED) is 0.386. The summed E-state index contributed by atoms with van der Waals surface area (Å²) < 4.78 is 45.4. The highest BCUT2D eigenvalue weighted by molar-refractivity contribution is 6.21. The largest absolute Gasteiger partial charge is 0.391 e. The number of hydrazine groups is 1. The summed E-state index contributed by atoms with van der Waals surface area (Å²) in [5.74, 6) is -0.701. The molecule has 4 saturated carbocycles. The van der Waals surface area contributed by atoms with Gasteiger partial charge in [-0.05, 0) is 51.4 Å². The lowest BCUT2D eigenvalue weighted by Crippen LogP contribution is -2.71. The Morgan fingerprint density at radius 2 is 1.91 bits per heavy atom. The fraction of sp³-hybridized carbons (Fsp3) is 0.909. The Balaban J connectivity index is 1.27. The van der Waals surface area contributed by atoms with Gasteiger partial charge < -0.3 is 20.5 Å². The van der Waals surface area contributed by atoms with Gasteiger partial charge in [0.2, 0.25) is 11.8 Å². The van der Waals surface area contributed by atoms with Gasteiger partial charge >= 0.3 is 0 Å². The van der Waals surface area contributed by atoms with E-state index < -0.39 is 47.2 Å². The third kappa shape index (κ3) is 5.33. The smallest absolute Gasteiger partial charge is 0.255 e. The molecule has 1 heterocycles. The van der Waals surface area contributed by atoms with Crippen molar-refractivity contribution < 1.29 is 32.6 Å². The molecule has 5 rings (SSSR count). The summed E-state index contributed by atoms with van der Waals surface area (Å²) in [6.45, 7) is -0.184. The van der Waals surface area contributed by atoms with Crippen LogP contribution in [0.1, 0.15) is 57.8 Å². The Kier molecular flexibility index (Phi) is 7.69. The van der Waals surface area contributed by atoms with Gasteiger partial charge in [-0.15, -0.1) is 11.6 Å². The van der Waals surface area contributed by atoms with Crippen LogP contribution in [0.3, 0.4) is 0 Å². The first-order chi connectivity index (χ1) is 16.0. The molecule has 4 N–H and O–H groups in total. The van der Waals surface area contributed by atoms with Crippen molar-refractivity contribution >= 4 is 23.4 Å². The van der Waals surface area contributed by atoms with Crippen molar-refractivity contribution in [1.82, 2.24) is 21.1 Å². The van der Waals surface area contributed by atoms with Crippen molar-refractivity contribution in [3.05, 3.63) is 0 Å². The predicted octanol–water partition coefficient (Wildman–Crippen LogP) is 1.39. The molecule has 4 aliphatic carbocycles. The van der Waals surface area contributed by atoms with Crippen LogP contribution in [0.4, 0.5) is 13.2 Å². The highest BCUT2D eigenvalue weighted by Gasteiger charge is 2.56.